The summed E-state index contributed by atoms with van der Waals surface area (Å²) in [5.74, 6) is -1.79. The molecule has 44 heavy (non-hydrogen) atoms. The van der Waals surface area contributed by atoms with Crippen molar-refractivity contribution in [2.75, 3.05) is 13.2 Å². The number of ether oxygens (including phenoxy) is 2. The first-order chi connectivity index (χ1) is 20.3. The molecule has 0 saturated heterocycles. The Balaban J connectivity index is 1.27. The molecule has 0 aromatic rings. The standard InChI is InChI=1S/C30H41F3O10S/c1-16(4-7-25(37)42-11-9-26(38)43-15-23(31)30(32,33)44(39,40)41)19-5-6-20-27-21(14-24(36)29(19,20)3)28(2)10-8-18(34)12-17(28)13-22(27)35/h16-17,19-21,23,27H,4-15H2,1-3H3,(H,39,40,41)/t16-,17+,19-,20+,21+,23?,27+,28+,29-/m1/s1. The highest BCUT2D eigenvalue weighted by Crippen LogP contribution is 2.66. The molecular formula is C30H41F3O10S. The number of fused-ring (bicyclic) bond motifs is 5. The van der Waals surface area contributed by atoms with Crippen LogP contribution in [-0.2, 0) is 43.6 Å². The number of carbonyl (C=O) groups is 5. The molecule has 10 nitrogen and oxygen atoms in total. The van der Waals surface area contributed by atoms with Gasteiger partial charge in [0.05, 0.1) is 6.42 Å². The number of alkyl halides is 3. The summed E-state index contributed by atoms with van der Waals surface area (Å²) in [5.41, 5.74) is -0.903. The van der Waals surface area contributed by atoms with E-state index < -0.39 is 58.5 Å². The van der Waals surface area contributed by atoms with E-state index in [1.165, 1.54) is 0 Å². The number of halogens is 3. The molecule has 0 aliphatic heterocycles. The summed E-state index contributed by atoms with van der Waals surface area (Å²) in [6.45, 7) is 3.99. The van der Waals surface area contributed by atoms with E-state index in [1.54, 1.807) is 0 Å². The molecule has 14 heteroatoms. The van der Waals surface area contributed by atoms with Gasteiger partial charge in [-0.05, 0) is 60.7 Å². The van der Waals surface area contributed by atoms with E-state index in [1.807, 2.05) is 13.8 Å². The Bertz CT molecular complexity index is 1300. The Kier molecular flexibility index (Phi) is 9.77. The number of rotatable bonds is 11. The van der Waals surface area contributed by atoms with E-state index >= 15 is 0 Å². The first kappa shape index (κ1) is 34.5. The Morgan fingerprint density at radius 1 is 1.02 bits per heavy atom. The molecule has 1 N–H and O–H groups in total. The van der Waals surface area contributed by atoms with Gasteiger partial charge < -0.3 is 9.47 Å². The maximum absolute atomic E-state index is 13.9. The average Bonchev–Trinajstić information content (AvgIpc) is 3.29. The molecule has 248 valence electrons. The zero-order chi connectivity index (χ0) is 32.8. The van der Waals surface area contributed by atoms with Crippen molar-refractivity contribution < 1.29 is 59.6 Å². The molecular weight excluding hydrogens is 609 g/mol. The summed E-state index contributed by atoms with van der Waals surface area (Å²) in [4.78, 5) is 63.6. The van der Waals surface area contributed by atoms with Crippen LogP contribution in [-0.4, -0.2) is 66.9 Å². The number of Topliss-reactive ketones (excluding diaryl/α,β-unsaturated/α-hetero) is 3. The van der Waals surface area contributed by atoms with Crippen LogP contribution in [0.25, 0.3) is 0 Å². The minimum atomic E-state index is -6.04. The molecule has 0 aromatic carbocycles. The second-order valence-corrected chi connectivity index (χ2v) is 15.1. The van der Waals surface area contributed by atoms with E-state index in [4.69, 9.17) is 9.29 Å². The van der Waals surface area contributed by atoms with Crippen LogP contribution in [0.5, 0.6) is 0 Å². The van der Waals surface area contributed by atoms with Crippen molar-refractivity contribution in [1.29, 1.82) is 0 Å². The fourth-order valence-corrected chi connectivity index (χ4v) is 9.15. The smallest absolute Gasteiger partial charge is 0.403 e. The molecule has 0 aromatic heterocycles. The number of hydrogen-bond acceptors (Lipinski definition) is 9. The van der Waals surface area contributed by atoms with Crippen LogP contribution in [0.2, 0.25) is 0 Å². The highest BCUT2D eigenvalue weighted by atomic mass is 32.2. The molecule has 0 radical (unpaired) electrons. The summed E-state index contributed by atoms with van der Waals surface area (Å²) >= 11 is 0. The Labute approximate surface area is 254 Å². The van der Waals surface area contributed by atoms with Gasteiger partial charge in [-0.2, -0.15) is 17.2 Å². The predicted octanol–water partition coefficient (Wildman–Crippen LogP) is 4.28. The summed E-state index contributed by atoms with van der Waals surface area (Å²) in [5, 5.41) is -5.15. The largest absolute Gasteiger partial charge is 0.465 e. The first-order valence-electron chi connectivity index (χ1n) is 15.2. The van der Waals surface area contributed by atoms with Crippen LogP contribution in [0.4, 0.5) is 13.2 Å². The van der Waals surface area contributed by atoms with Gasteiger partial charge >= 0.3 is 27.3 Å². The van der Waals surface area contributed by atoms with E-state index in [2.05, 4.69) is 11.7 Å². The van der Waals surface area contributed by atoms with Gasteiger partial charge in [-0.15, -0.1) is 0 Å². The zero-order valence-corrected chi connectivity index (χ0v) is 26.0. The molecule has 0 heterocycles. The monoisotopic (exact) mass is 650 g/mol. The average molecular weight is 651 g/mol. The minimum absolute atomic E-state index is 0.00547. The minimum Gasteiger partial charge on any atom is -0.465 e. The maximum atomic E-state index is 13.9. The molecule has 4 aliphatic carbocycles. The summed E-state index contributed by atoms with van der Waals surface area (Å²) in [7, 11) is -6.04. The summed E-state index contributed by atoms with van der Waals surface area (Å²) in [6, 6.07) is 0. The van der Waals surface area contributed by atoms with Crippen LogP contribution in [0, 0.1) is 46.3 Å². The Morgan fingerprint density at radius 3 is 2.34 bits per heavy atom. The quantitative estimate of drug-likeness (QED) is 0.253. The number of esters is 2. The molecule has 4 aliphatic rings. The first-order valence-corrected chi connectivity index (χ1v) is 16.7. The summed E-state index contributed by atoms with van der Waals surface area (Å²) < 4.78 is 78.6. The lowest BCUT2D eigenvalue weighted by atomic mass is 9.44. The lowest BCUT2D eigenvalue weighted by Crippen LogP contribution is -2.60. The predicted molar refractivity (Wildman–Crippen MR) is 147 cm³/mol. The van der Waals surface area contributed by atoms with Crippen molar-refractivity contribution in [2.24, 2.45) is 46.3 Å². The second-order valence-electron chi connectivity index (χ2n) is 13.6. The molecule has 0 amide bonds. The topological polar surface area (TPSA) is 158 Å². The van der Waals surface area contributed by atoms with Gasteiger partial charge in [-0.25, -0.2) is 4.39 Å². The molecule has 0 bridgehead atoms. The molecule has 9 atom stereocenters. The number of ketones is 3. The van der Waals surface area contributed by atoms with Gasteiger partial charge in [0.15, 0.2) is 0 Å². The van der Waals surface area contributed by atoms with Gasteiger partial charge in [0.1, 0.15) is 30.6 Å². The van der Waals surface area contributed by atoms with Crippen molar-refractivity contribution in [3.8, 4) is 0 Å². The lowest BCUT2D eigenvalue weighted by Gasteiger charge is -2.58. The zero-order valence-electron chi connectivity index (χ0n) is 25.2. The van der Waals surface area contributed by atoms with Gasteiger partial charge in [-0.3, -0.25) is 28.5 Å². The van der Waals surface area contributed by atoms with Crippen molar-refractivity contribution >= 4 is 39.4 Å². The third kappa shape index (κ3) is 6.21. The third-order valence-corrected chi connectivity index (χ3v) is 12.3. The van der Waals surface area contributed by atoms with Crippen molar-refractivity contribution in [2.45, 2.75) is 96.4 Å². The molecule has 1 unspecified atom stereocenters. The van der Waals surface area contributed by atoms with Crippen LogP contribution >= 0.6 is 0 Å². The van der Waals surface area contributed by atoms with Crippen LogP contribution in [0.15, 0.2) is 0 Å². The van der Waals surface area contributed by atoms with Gasteiger partial charge in [0, 0.05) is 43.4 Å². The molecule has 4 saturated carbocycles. The molecule has 4 rings (SSSR count). The third-order valence-electron chi connectivity index (χ3n) is 11.4. The number of hydrogen-bond donors (Lipinski definition) is 1. The van der Waals surface area contributed by atoms with Crippen molar-refractivity contribution in [3.05, 3.63) is 0 Å². The second kappa shape index (κ2) is 12.4. The van der Waals surface area contributed by atoms with Crippen molar-refractivity contribution in [1.82, 2.24) is 0 Å². The van der Waals surface area contributed by atoms with Crippen LogP contribution < -0.4 is 0 Å². The van der Waals surface area contributed by atoms with Gasteiger partial charge in [0.25, 0.3) is 0 Å². The fraction of sp³-hybridized carbons (Fsp3) is 0.833. The van der Waals surface area contributed by atoms with Crippen LogP contribution in [0.3, 0.4) is 0 Å². The van der Waals surface area contributed by atoms with E-state index in [-0.39, 0.29) is 64.7 Å². The lowest BCUT2D eigenvalue weighted by molar-refractivity contribution is -0.166. The van der Waals surface area contributed by atoms with E-state index in [0.29, 0.717) is 38.5 Å². The highest BCUT2D eigenvalue weighted by Gasteiger charge is 2.66. The summed E-state index contributed by atoms with van der Waals surface area (Å²) in [6.07, 6.45) is 0.0982. The SMILES string of the molecule is C[C@H](CCC(=O)OCCC(=O)OCC(F)C(F)(F)S(=O)(=O)O)[C@H]1CC[C@H]2[C@@H]3C(=O)C[C@@H]4CC(=O)CC[C@]4(C)[C@H]3CC(=O)[C@]12C. The van der Waals surface area contributed by atoms with E-state index in [9.17, 15) is 45.6 Å². The van der Waals surface area contributed by atoms with E-state index in [0.717, 1.165) is 12.8 Å². The van der Waals surface area contributed by atoms with Crippen LogP contribution in [0.1, 0.15) is 85.0 Å². The van der Waals surface area contributed by atoms with Crippen molar-refractivity contribution in [3.63, 3.8) is 0 Å². The molecule has 0 spiro atoms. The Morgan fingerprint density at radius 2 is 1.68 bits per heavy atom. The number of carbonyl (C=O) groups excluding carboxylic acids is 5. The maximum Gasteiger partial charge on any atom is 0.403 e. The highest BCUT2D eigenvalue weighted by molar-refractivity contribution is 7.86. The van der Waals surface area contributed by atoms with Gasteiger partial charge in [-0.1, -0.05) is 20.8 Å². The van der Waals surface area contributed by atoms with Gasteiger partial charge in [0.2, 0.25) is 6.17 Å². The normalized spacial score (nSPS) is 35.2. The Hall–Kier alpha value is -2.35. The fourth-order valence-electron chi connectivity index (χ4n) is 8.75. The molecule has 4 fully saturated rings.